The maximum atomic E-state index is 13.7. The number of hydrogen-bond acceptors (Lipinski definition) is 5. The van der Waals surface area contributed by atoms with Crippen LogP contribution in [0.1, 0.15) is 5.56 Å². The number of amidine groups is 1. The monoisotopic (exact) mass is 468 g/mol. The Bertz CT molecular complexity index is 1140. The molecule has 30 heavy (non-hydrogen) atoms. The van der Waals surface area contributed by atoms with Gasteiger partial charge in [-0.25, -0.2) is 12.8 Å². The minimum atomic E-state index is -3.20. The lowest BCUT2D eigenvalue weighted by molar-refractivity contribution is -0.117. The molecule has 2 aliphatic heterocycles. The molecule has 0 spiro atoms. The van der Waals surface area contributed by atoms with Crippen LogP contribution in [0, 0.1) is 5.82 Å². The molecule has 0 N–H and O–H groups in total. The second-order valence-corrected chi connectivity index (χ2v) is 10.8. The van der Waals surface area contributed by atoms with E-state index in [0.29, 0.717) is 22.2 Å². The van der Waals surface area contributed by atoms with Crippen LogP contribution >= 0.6 is 23.4 Å². The van der Waals surface area contributed by atoms with Gasteiger partial charge in [0, 0.05) is 16.5 Å². The largest absolute Gasteiger partial charge is 0.496 e. The first-order valence-electron chi connectivity index (χ1n) is 9.12. The van der Waals surface area contributed by atoms with Crippen LogP contribution < -0.4 is 9.64 Å². The average Bonchev–Trinajstić information content (AvgIpc) is 3.15. The molecule has 2 aliphatic rings. The van der Waals surface area contributed by atoms with Crippen molar-refractivity contribution in [2.24, 2.45) is 4.99 Å². The van der Waals surface area contributed by atoms with Gasteiger partial charge in [0.05, 0.1) is 36.1 Å². The van der Waals surface area contributed by atoms with Gasteiger partial charge in [-0.2, -0.15) is 4.99 Å². The van der Waals surface area contributed by atoms with E-state index in [9.17, 15) is 17.6 Å². The van der Waals surface area contributed by atoms with Crippen molar-refractivity contribution >= 4 is 50.0 Å². The molecule has 4 rings (SSSR count). The Morgan fingerprint density at radius 2 is 2.07 bits per heavy atom. The van der Waals surface area contributed by atoms with Crippen LogP contribution in [0.15, 0.2) is 47.5 Å². The molecule has 2 atom stereocenters. The summed E-state index contributed by atoms with van der Waals surface area (Å²) in [7, 11) is -1.67. The van der Waals surface area contributed by atoms with Crippen molar-refractivity contribution in [3.63, 3.8) is 0 Å². The van der Waals surface area contributed by atoms with Crippen LogP contribution in [0.4, 0.5) is 10.1 Å². The average molecular weight is 469 g/mol. The fourth-order valence-corrected chi connectivity index (χ4v) is 7.77. The zero-order chi connectivity index (χ0) is 21.5. The molecule has 0 unspecified atom stereocenters. The number of rotatable bonds is 4. The Labute approximate surface area is 183 Å². The highest BCUT2D eigenvalue weighted by molar-refractivity contribution is 8.16. The number of aliphatic imine (C=N–C) groups is 1. The second-order valence-electron chi connectivity index (χ2n) is 7.05. The molecule has 10 heteroatoms. The minimum absolute atomic E-state index is 0.00742. The van der Waals surface area contributed by atoms with E-state index in [-0.39, 0.29) is 40.1 Å². The van der Waals surface area contributed by atoms with Crippen molar-refractivity contribution in [3.05, 3.63) is 58.9 Å². The molecule has 2 aromatic carbocycles. The van der Waals surface area contributed by atoms with E-state index in [4.69, 9.17) is 16.3 Å². The number of thioether (sulfide) groups is 1. The van der Waals surface area contributed by atoms with Crippen LogP contribution in [0.5, 0.6) is 5.75 Å². The molecule has 2 fully saturated rings. The third-order valence-electron chi connectivity index (χ3n) is 5.00. The van der Waals surface area contributed by atoms with Crippen molar-refractivity contribution in [1.29, 1.82) is 0 Å². The third-order valence-corrected chi connectivity index (χ3v) is 8.50. The Hall–Kier alpha value is -2.10. The maximum absolute atomic E-state index is 13.7. The zero-order valence-corrected chi connectivity index (χ0v) is 18.3. The molecule has 0 aromatic heterocycles. The quantitative estimate of drug-likeness (QED) is 0.685. The molecule has 2 aromatic rings. The van der Waals surface area contributed by atoms with E-state index in [1.165, 1.54) is 37.1 Å². The van der Waals surface area contributed by atoms with Crippen LogP contribution in [0.2, 0.25) is 5.02 Å². The number of nitrogens with zero attached hydrogens (tertiary/aromatic N) is 2. The number of carbonyl (C=O) groups is 1. The van der Waals surface area contributed by atoms with Gasteiger partial charge >= 0.3 is 0 Å². The van der Waals surface area contributed by atoms with Crippen molar-refractivity contribution < 1.29 is 22.3 Å². The van der Waals surface area contributed by atoms with E-state index >= 15 is 0 Å². The summed E-state index contributed by atoms with van der Waals surface area (Å²) in [6, 6.07) is 10.9. The predicted molar refractivity (Wildman–Crippen MR) is 117 cm³/mol. The first kappa shape index (κ1) is 21.1. The van der Waals surface area contributed by atoms with Gasteiger partial charge < -0.3 is 9.64 Å². The summed E-state index contributed by atoms with van der Waals surface area (Å²) in [5, 5.41) is 0.0561. The molecule has 0 aliphatic carbocycles. The van der Waals surface area contributed by atoms with Crippen LogP contribution in [-0.4, -0.2) is 49.4 Å². The molecular formula is C20H18ClFN2O4S2. The van der Waals surface area contributed by atoms with Gasteiger partial charge in [-0.3, -0.25) is 4.79 Å². The molecular weight excluding hydrogens is 451 g/mol. The molecule has 0 bridgehead atoms. The van der Waals surface area contributed by atoms with Gasteiger partial charge in [0.15, 0.2) is 15.0 Å². The summed E-state index contributed by atoms with van der Waals surface area (Å²) < 4.78 is 43.2. The summed E-state index contributed by atoms with van der Waals surface area (Å²) in [4.78, 5) is 18.6. The maximum Gasteiger partial charge on any atom is 0.252 e. The van der Waals surface area contributed by atoms with Gasteiger partial charge in [-0.05, 0) is 24.3 Å². The standard InChI is InChI=1S/C20H18ClFN2O4S2/c1-28-17-5-3-2-4-12(17)8-19(25)23-20-24(13-6-7-15(22)14(21)9-13)16-10-30(26,27)11-18(16)29-20/h2-7,9,16,18H,8,10-11H2,1H3/t16-,18-/m1/s1. The summed E-state index contributed by atoms with van der Waals surface area (Å²) >= 11 is 7.19. The van der Waals surface area contributed by atoms with Crippen molar-refractivity contribution in [1.82, 2.24) is 0 Å². The highest BCUT2D eigenvalue weighted by Crippen LogP contribution is 2.41. The second kappa shape index (κ2) is 8.20. The van der Waals surface area contributed by atoms with Gasteiger partial charge in [0.1, 0.15) is 11.6 Å². The number of anilines is 1. The summed E-state index contributed by atoms with van der Waals surface area (Å²) in [5.41, 5.74) is 1.21. The molecule has 0 radical (unpaired) electrons. The van der Waals surface area contributed by atoms with E-state index in [1.54, 1.807) is 17.0 Å². The molecule has 0 saturated carbocycles. The highest BCUT2D eigenvalue weighted by Gasteiger charge is 2.49. The first-order valence-corrected chi connectivity index (χ1v) is 12.2. The number of sulfone groups is 1. The van der Waals surface area contributed by atoms with Crippen molar-refractivity contribution in [2.45, 2.75) is 17.7 Å². The van der Waals surface area contributed by atoms with E-state index in [0.717, 1.165) is 0 Å². The van der Waals surface area contributed by atoms with Crippen LogP contribution in [0.25, 0.3) is 0 Å². The number of fused-ring (bicyclic) bond motifs is 1. The van der Waals surface area contributed by atoms with Crippen molar-refractivity contribution in [3.8, 4) is 5.75 Å². The SMILES string of the molecule is COc1ccccc1CC(=O)N=C1S[C@@H]2CS(=O)(=O)C[C@H]2N1c1ccc(F)c(Cl)c1. The number of halogens is 2. The molecule has 158 valence electrons. The highest BCUT2D eigenvalue weighted by atomic mass is 35.5. The Morgan fingerprint density at radius 1 is 1.30 bits per heavy atom. The molecule has 1 amide bonds. The fourth-order valence-electron chi connectivity index (χ4n) is 3.66. The lowest BCUT2D eigenvalue weighted by Crippen LogP contribution is -2.37. The molecule has 6 nitrogen and oxygen atoms in total. The molecule has 2 heterocycles. The van der Waals surface area contributed by atoms with Gasteiger partial charge in [-0.1, -0.05) is 41.6 Å². The topological polar surface area (TPSA) is 76.0 Å². The number of benzene rings is 2. The Morgan fingerprint density at radius 3 is 2.80 bits per heavy atom. The third kappa shape index (κ3) is 4.19. The first-order chi connectivity index (χ1) is 14.3. The van der Waals surface area contributed by atoms with Gasteiger partial charge in [0.2, 0.25) is 0 Å². The number of methoxy groups -OCH3 is 1. The van der Waals surface area contributed by atoms with Crippen LogP contribution in [0.3, 0.4) is 0 Å². The summed E-state index contributed by atoms with van der Waals surface area (Å²) in [6.07, 6.45) is 0.0414. The molecule has 2 saturated heterocycles. The number of amides is 1. The summed E-state index contributed by atoms with van der Waals surface area (Å²) in [5.74, 6) is -0.417. The Kier molecular flexibility index (Phi) is 5.78. The fraction of sp³-hybridized carbons (Fsp3) is 0.300. The normalized spacial score (nSPS) is 23.6. The number of hydrogen-bond donors (Lipinski definition) is 0. The van der Waals surface area contributed by atoms with E-state index in [1.807, 2.05) is 12.1 Å². The van der Waals surface area contributed by atoms with Gasteiger partial charge in [0.25, 0.3) is 5.91 Å². The zero-order valence-electron chi connectivity index (χ0n) is 15.9. The lowest BCUT2D eigenvalue weighted by atomic mass is 10.1. The van der Waals surface area contributed by atoms with Crippen LogP contribution in [-0.2, 0) is 21.1 Å². The number of carbonyl (C=O) groups excluding carboxylic acids is 1. The number of para-hydroxylation sites is 1. The minimum Gasteiger partial charge on any atom is -0.496 e. The Balaban J connectivity index is 1.66. The summed E-state index contributed by atoms with van der Waals surface area (Å²) in [6.45, 7) is 0. The van der Waals surface area contributed by atoms with E-state index in [2.05, 4.69) is 4.99 Å². The van der Waals surface area contributed by atoms with Crippen molar-refractivity contribution in [2.75, 3.05) is 23.5 Å². The predicted octanol–water partition coefficient (Wildman–Crippen LogP) is 3.33. The van der Waals surface area contributed by atoms with E-state index < -0.39 is 15.7 Å². The van der Waals surface area contributed by atoms with Gasteiger partial charge in [-0.15, -0.1) is 0 Å². The lowest BCUT2D eigenvalue weighted by Gasteiger charge is -2.24. The number of ether oxygens (including phenoxy) is 1. The smallest absolute Gasteiger partial charge is 0.252 e.